The highest BCUT2D eigenvalue weighted by Crippen LogP contribution is 2.23. The normalized spacial score (nSPS) is 12.2. The summed E-state index contributed by atoms with van der Waals surface area (Å²) in [5.41, 5.74) is 4.40. The van der Waals surface area contributed by atoms with Crippen molar-refractivity contribution in [1.29, 1.82) is 0 Å². The van der Waals surface area contributed by atoms with Crippen LogP contribution in [0, 0.1) is 0 Å². The molecule has 2 rings (SSSR count). The van der Waals surface area contributed by atoms with E-state index >= 15 is 0 Å². The topological polar surface area (TPSA) is 27.8 Å². The number of H-pyrrole nitrogens is 1. The molecule has 0 atom stereocenters. The molecule has 1 aromatic carbocycles. The van der Waals surface area contributed by atoms with Gasteiger partial charge in [0.1, 0.15) is 0 Å². The molecule has 0 fully saturated rings. The van der Waals surface area contributed by atoms with Crippen LogP contribution in [-0.4, -0.2) is 17.1 Å². The monoisotopic (exact) mass is 258 g/mol. The molecule has 0 aliphatic heterocycles. The van der Waals surface area contributed by atoms with E-state index in [-0.39, 0.29) is 5.54 Å². The number of aromatic amines is 1. The highest BCUT2D eigenvalue weighted by molar-refractivity contribution is 5.86. The third-order valence-corrected chi connectivity index (χ3v) is 3.55. The number of rotatable bonds is 5. The minimum atomic E-state index is 0.218. The molecule has 2 heteroatoms. The van der Waals surface area contributed by atoms with Crippen LogP contribution in [0.5, 0.6) is 0 Å². The molecule has 0 aliphatic carbocycles. The maximum Gasteiger partial charge on any atom is 0.0489 e. The van der Waals surface area contributed by atoms with Crippen molar-refractivity contribution in [2.75, 3.05) is 6.54 Å². The lowest BCUT2D eigenvalue weighted by atomic mass is 10.0. The van der Waals surface area contributed by atoms with Gasteiger partial charge in [-0.25, -0.2) is 0 Å². The molecule has 1 heterocycles. The summed E-state index contributed by atoms with van der Waals surface area (Å²) in [5.74, 6) is 0. The Kier molecular flexibility index (Phi) is 4.31. The van der Waals surface area contributed by atoms with E-state index in [2.05, 4.69) is 62.4 Å². The minimum absolute atomic E-state index is 0.218. The van der Waals surface area contributed by atoms with Crippen molar-refractivity contribution in [1.82, 2.24) is 10.3 Å². The first kappa shape index (κ1) is 14.1. The summed E-state index contributed by atoms with van der Waals surface area (Å²) in [5, 5.41) is 4.94. The van der Waals surface area contributed by atoms with E-state index in [1.165, 1.54) is 28.5 Å². The molecule has 2 aromatic rings. The Bertz CT molecular complexity index is 532. The first-order valence-electron chi connectivity index (χ1n) is 7.34. The lowest BCUT2D eigenvalue weighted by Crippen LogP contribution is -2.36. The van der Waals surface area contributed by atoms with Gasteiger partial charge in [-0.2, -0.15) is 0 Å². The van der Waals surface area contributed by atoms with Crippen LogP contribution in [0.15, 0.2) is 24.4 Å². The molecule has 0 aliphatic rings. The third kappa shape index (κ3) is 3.60. The molecule has 0 saturated heterocycles. The first-order chi connectivity index (χ1) is 9.01. The van der Waals surface area contributed by atoms with Gasteiger partial charge in [0.2, 0.25) is 0 Å². The molecule has 0 spiro atoms. The lowest BCUT2D eigenvalue weighted by Gasteiger charge is -2.20. The largest absolute Gasteiger partial charge is 0.361 e. The second kappa shape index (κ2) is 5.79. The van der Waals surface area contributed by atoms with Crippen molar-refractivity contribution < 1.29 is 0 Å². The third-order valence-electron chi connectivity index (χ3n) is 3.55. The van der Waals surface area contributed by atoms with Crippen LogP contribution >= 0.6 is 0 Å². The minimum Gasteiger partial charge on any atom is -0.361 e. The van der Waals surface area contributed by atoms with Gasteiger partial charge in [-0.3, -0.25) is 0 Å². The predicted octanol–water partition coefficient (Wildman–Crippen LogP) is 4.05. The Labute approximate surface area is 116 Å². The number of benzene rings is 1. The standard InChI is InChI=1S/C17H26N2/c1-5-13-8-6-10-15-14(12-18-16(13)15)9-7-11-19-17(2,3)4/h6,8,10,12,18-19H,5,7,9,11H2,1-4H3. The van der Waals surface area contributed by atoms with E-state index in [0.717, 1.165) is 19.4 Å². The smallest absolute Gasteiger partial charge is 0.0489 e. The predicted molar refractivity (Wildman–Crippen MR) is 83.8 cm³/mol. The molecule has 2 nitrogen and oxygen atoms in total. The van der Waals surface area contributed by atoms with E-state index in [9.17, 15) is 0 Å². The average Bonchev–Trinajstić information content (AvgIpc) is 2.76. The highest BCUT2D eigenvalue weighted by Gasteiger charge is 2.09. The van der Waals surface area contributed by atoms with Gasteiger partial charge < -0.3 is 10.3 Å². The van der Waals surface area contributed by atoms with Gasteiger partial charge in [-0.05, 0) is 57.7 Å². The number of aromatic nitrogens is 1. The average molecular weight is 258 g/mol. The van der Waals surface area contributed by atoms with Crippen LogP contribution in [0.3, 0.4) is 0 Å². The van der Waals surface area contributed by atoms with Crippen LogP contribution in [0.1, 0.15) is 45.2 Å². The Balaban J connectivity index is 2.02. The summed E-state index contributed by atoms with van der Waals surface area (Å²) in [6.07, 6.45) is 5.58. The van der Waals surface area contributed by atoms with Gasteiger partial charge in [-0.1, -0.05) is 25.1 Å². The number of aryl methyl sites for hydroxylation is 2. The van der Waals surface area contributed by atoms with Crippen molar-refractivity contribution in [3.8, 4) is 0 Å². The second-order valence-electron chi connectivity index (χ2n) is 6.29. The molecular weight excluding hydrogens is 232 g/mol. The van der Waals surface area contributed by atoms with Crippen molar-refractivity contribution in [3.63, 3.8) is 0 Å². The molecule has 1 aromatic heterocycles. The fourth-order valence-corrected chi connectivity index (χ4v) is 2.52. The quantitative estimate of drug-likeness (QED) is 0.778. The fourth-order valence-electron chi connectivity index (χ4n) is 2.52. The summed E-state index contributed by atoms with van der Waals surface area (Å²) in [4.78, 5) is 3.44. The number of para-hydroxylation sites is 1. The number of hydrogen-bond acceptors (Lipinski definition) is 1. The van der Waals surface area contributed by atoms with E-state index in [1.54, 1.807) is 0 Å². The Morgan fingerprint density at radius 2 is 1.95 bits per heavy atom. The summed E-state index contributed by atoms with van der Waals surface area (Å²) < 4.78 is 0. The Morgan fingerprint density at radius 3 is 2.63 bits per heavy atom. The summed E-state index contributed by atoms with van der Waals surface area (Å²) >= 11 is 0. The molecule has 2 N–H and O–H groups in total. The molecule has 0 amide bonds. The molecule has 19 heavy (non-hydrogen) atoms. The van der Waals surface area contributed by atoms with Crippen molar-refractivity contribution >= 4 is 10.9 Å². The molecule has 0 radical (unpaired) electrons. The van der Waals surface area contributed by atoms with Gasteiger partial charge in [0, 0.05) is 22.6 Å². The Hall–Kier alpha value is -1.28. The molecule has 0 bridgehead atoms. The number of hydrogen-bond donors (Lipinski definition) is 2. The van der Waals surface area contributed by atoms with Crippen molar-refractivity contribution in [2.45, 2.75) is 52.5 Å². The van der Waals surface area contributed by atoms with Gasteiger partial charge in [0.15, 0.2) is 0 Å². The van der Waals surface area contributed by atoms with Crippen LogP contribution in [0.2, 0.25) is 0 Å². The SMILES string of the molecule is CCc1cccc2c(CCCNC(C)(C)C)c[nH]c12. The molecule has 104 valence electrons. The molecular formula is C17H26N2. The van der Waals surface area contributed by atoms with Crippen LogP contribution in [-0.2, 0) is 12.8 Å². The number of nitrogens with one attached hydrogen (secondary N) is 2. The Morgan fingerprint density at radius 1 is 1.16 bits per heavy atom. The van der Waals surface area contributed by atoms with E-state index in [0.29, 0.717) is 0 Å². The highest BCUT2D eigenvalue weighted by atomic mass is 14.9. The van der Waals surface area contributed by atoms with Crippen LogP contribution in [0.4, 0.5) is 0 Å². The molecule has 0 saturated carbocycles. The van der Waals surface area contributed by atoms with E-state index in [4.69, 9.17) is 0 Å². The van der Waals surface area contributed by atoms with Gasteiger partial charge >= 0.3 is 0 Å². The van der Waals surface area contributed by atoms with Gasteiger partial charge in [0.25, 0.3) is 0 Å². The fraction of sp³-hybridized carbons (Fsp3) is 0.529. The van der Waals surface area contributed by atoms with Crippen molar-refractivity contribution in [2.24, 2.45) is 0 Å². The molecule has 0 unspecified atom stereocenters. The van der Waals surface area contributed by atoms with Gasteiger partial charge in [0.05, 0.1) is 0 Å². The van der Waals surface area contributed by atoms with E-state index < -0.39 is 0 Å². The summed E-state index contributed by atoms with van der Waals surface area (Å²) in [6.45, 7) is 9.93. The zero-order valence-corrected chi connectivity index (χ0v) is 12.6. The summed E-state index contributed by atoms with van der Waals surface area (Å²) in [6, 6.07) is 6.62. The zero-order chi connectivity index (χ0) is 13.9. The van der Waals surface area contributed by atoms with Crippen LogP contribution < -0.4 is 5.32 Å². The number of fused-ring (bicyclic) bond motifs is 1. The van der Waals surface area contributed by atoms with E-state index in [1.807, 2.05) is 0 Å². The summed E-state index contributed by atoms with van der Waals surface area (Å²) in [7, 11) is 0. The first-order valence-corrected chi connectivity index (χ1v) is 7.34. The maximum atomic E-state index is 3.54. The maximum absolute atomic E-state index is 3.54. The van der Waals surface area contributed by atoms with Gasteiger partial charge in [-0.15, -0.1) is 0 Å². The van der Waals surface area contributed by atoms with Crippen LogP contribution in [0.25, 0.3) is 10.9 Å². The lowest BCUT2D eigenvalue weighted by molar-refractivity contribution is 0.422. The van der Waals surface area contributed by atoms with Crippen molar-refractivity contribution in [3.05, 3.63) is 35.5 Å². The zero-order valence-electron chi connectivity index (χ0n) is 12.6. The second-order valence-corrected chi connectivity index (χ2v) is 6.29.